The zero-order valence-electron chi connectivity index (χ0n) is 6.93. The van der Waals surface area contributed by atoms with Crippen LogP contribution in [0.4, 0.5) is 0 Å². The van der Waals surface area contributed by atoms with E-state index in [1.807, 2.05) is 0 Å². The fourth-order valence-electron chi connectivity index (χ4n) is 0.792. The third-order valence-corrected chi connectivity index (χ3v) is 3.69. The summed E-state index contributed by atoms with van der Waals surface area (Å²) in [6, 6.07) is 0. The minimum atomic E-state index is -3.33. The highest BCUT2D eigenvalue weighted by molar-refractivity contribution is 7.90. The Labute approximate surface area is 76.2 Å². The Morgan fingerprint density at radius 3 is 2.54 bits per heavy atom. The van der Waals surface area contributed by atoms with Gasteiger partial charge in [-0.1, -0.05) is 0 Å². The van der Waals surface area contributed by atoms with E-state index in [1.165, 1.54) is 0 Å². The van der Waals surface area contributed by atoms with Gasteiger partial charge in [0.25, 0.3) is 0 Å². The Morgan fingerprint density at radius 1 is 1.62 bits per heavy atom. The predicted octanol–water partition coefficient (Wildman–Crippen LogP) is -2.09. The van der Waals surface area contributed by atoms with Gasteiger partial charge in [0, 0.05) is 6.54 Å². The molecule has 0 aliphatic heterocycles. The van der Waals surface area contributed by atoms with Gasteiger partial charge < -0.3 is 10.8 Å². The Morgan fingerprint density at radius 2 is 2.15 bits per heavy atom. The van der Waals surface area contributed by atoms with E-state index in [9.17, 15) is 13.2 Å². The number of nitrogens with two attached hydrogens (primary N) is 1. The van der Waals surface area contributed by atoms with Gasteiger partial charge in [0.05, 0.1) is 5.25 Å². The normalized spacial score (nSPS) is 19.8. The molecule has 0 saturated heterocycles. The summed E-state index contributed by atoms with van der Waals surface area (Å²) >= 11 is 0. The van der Waals surface area contributed by atoms with Crippen molar-refractivity contribution in [2.75, 3.05) is 6.54 Å². The van der Waals surface area contributed by atoms with Gasteiger partial charge in [0.2, 0.25) is 15.9 Å². The predicted molar refractivity (Wildman–Crippen MR) is 45.1 cm³/mol. The Hall–Kier alpha value is -0.660. The third-order valence-electron chi connectivity index (χ3n) is 1.77. The van der Waals surface area contributed by atoms with Crippen molar-refractivity contribution in [2.24, 2.45) is 5.73 Å². The van der Waals surface area contributed by atoms with Crippen molar-refractivity contribution < 1.29 is 18.3 Å². The molecule has 4 N–H and O–H groups in total. The number of hydrogen-bond donors (Lipinski definition) is 3. The molecule has 1 aliphatic carbocycles. The first-order chi connectivity index (χ1) is 5.93. The Balaban J connectivity index is 2.37. The first kappa shape index (κ1) is 10.4. The van der Waals surface area contributed by atoms with Crippen LogP contribution in [0, 0.1) is 0 Å². The van der Waals surface area contributed by atoms with Gasteiger partial charge in [-0.3, -0.25) is 4.79 Å². The van der Waals surface area contributed by atoms with Crippen molar-refractivity contribution in [2.45, 2.75) is 24.2 Å². The van der Waals surface area contributed by atoms with E-state index in [0.717, 1.165) is 0 Å². The van der Waals surface area contributed by atoms with E-state index >= 15 is 0 Å². The highest BCUT2D eigenvalue weighted by Crippen LogP contribution is 2.27. The molecule has 6 nitrogen and oxygen atoms in total. The largest absolute Gasteiger partial charge is 0.382 e. The summed E-state index contributed by atoms with van der Waals surface area (Å²) in [5.41, 5.74) is 4.73. The number of rotatable bonds is 5. The van der Waals surface area contributed by atoms with Crippen molar-refractivity contribution in [1.29, 1.82) is 0 Å². The van der Waals surface area contributed by atoms with Crippen LogP contribution in [0.15, 0.2) is 0 Å². The number of aliphatic hydroxyl groups is 1. The fraction of sp³-hybridized carbons (Fsp3) is 0.833. The first-order valence-electron chi connectivity index (χ1n) is 3.89. The number of amides is 1. The quantitative estimate of drug-likeness (QED) is 0.481. The van der Waals surface area contributed by atoms with Crippen molar-refractivity contribution >= 4 is 15.9 Å². The van der Waals surface area contributed by atoms with Crippen LogP contribution in [0.5, 0.6) is 0 Å². The molecule has 0 aromatic carbocycles. The lowest BCUT2D eigenvalue weighted by Crippen LogP contribution is -2.40. The van der Waals surface area contributed by atoms with Crippen LogP contribution in [0.3, 0.4) is 0 Å². The average Bonchev–Trinajstić information content (AvgIpc) is 2.81. The maximum Gasteiger partial charge on any atom is 0.247 e. The molecule has 0 aromatic heterocycles. The molecule has 0 heterocycles. The standard InChI is InChI=1S/C6H12N2O4S/c7-6(10)5(9)3-8-13(11,12)4-1-2-4/h4-5,8-9H,1-3H2,(H2,7,10). The minimum Gasteiger partial charge on any atom is -0.382 e. The lowest BCUT2D eigenvalue weighted by Gasteiger charge is -2.07. The van der Waals surface area contributed by atoms with E-state index in [2.05, 4.69) is 4.72 Å². The van der Waals surface area contributed by atoms with E-state index in [1.54, 1.807) is 0 Å². The number of carbonyl (C=O) groups is 1. The Bertz CT molecular complexity index is 296. The number of hydrogen-bond acceptors (Lipinski definition) is 4. The molecule has 1 rings (SSSR count). The second-order valence-electron chi connectivity index (χ2n) is 3.01. The number of carbonyl (C=O) groups excluding carboxylic acids is 1. The second-order valence-corrected chi connectivity index (χ2v) is 5.06. The van der Waals surface area contributed by atoms with E-state index < -0.39 is 22.0 Å². The lowest BCUT2D eigenvalue weighted by atomic mass is 10.3. The average molecular weight is 208 g/mol. The number of nitrogens with one attached hydrogen (secondary N) is 1. The minimum absolute atomic E-state index is 0.339. The van der Waals surface area contributed by atoms with E-state index in [4.69, 9.17) is 10.8 Å². The molecule has 0 radical (unpaired) electrons. The maximum atomic E-state index is 11.1. The molecule has 1 amide bonds. The van der Waals surface area contributed by atoms with Crippen molar-refractivity contribution in [3.63, 3.8) is 0 Å². The Kier molecular flexibility index (Phi) is 2.89. The van der Waals surface area contributed by atoms with Crippen molar-refractivity contribution in [1.82, 2.24) is 4.72 Å². The summed E-state index contributed by atoms with van der Waals surface area (Å²) in [6.45, 7) is -0.339. The number of sulfonamides is 1. The maximum absolute atomic E-state index is 11.1. The van der Waals surface area contributed by atoms with E-state index in [0.29, 0.717) is 12.8 Å². The molecule has 1 saturated carbocycles. The second kappa shape index (κ2) is 3.60. The van der Waals surface area contributed by atoms with Crippen LogP contribution in [0.25, 0.3) is 0 Å². The van der Waals surface area contributed by atoms with Crippen LogP contribution < -0.4 is 10.5 Å². The van der Waals surface area contributed by atoms with E-state index in [-0.39, 0.29) is 11.8 Å². The molecule has 1 unspecified atom stereocenters. The first-order valence-corrected chi connectivity index (χ1v) is 5.44. The summed E-state index contributed by atoms with van der Waals surface area (Å²) in [5.74, 6) is -0.932. The molecule has 1 aliphatic rings. The zero-order chi connectivity index (χ0) is 10.1. The summed E-state index contributed by atoms with van der Waals surface area (Å²) in [4.78, 5) is 10.3. The molecule has 1 fully saturated rings. The van der Waals surface area contributed by atoms with Crippen LogP contribution >= 0.6 is 0 Å². The van der Waals surface area contributed by atoms with Gasteiger partial charge in [-0.15, -0.1) is 0 Å². The molecule has 0 bridgehead atoms. The van der Waals surface area contributed by atoms with Crippen LogP contribution in [0.1, 0.15) is 12.8 Å². The fourth-order valence-corrected chi connectivity index (χ4v) is 2.17. The van der Waals surface area contributed by atoms with Gasteiger partial charge in [-0.2, -0.15) is 0 Å². The zero-order valence-corrected chi connectivity index (χ0v) is 7.75. The SMILES string of the molecule is NC(=O)C(O)CNS(=O)(=O)C1CC1. The molecule has 7 heteroatoms. The topological polar surface area (TPSA) is 109 Å². The van der Waals surface area contributed by atoms with Crippen molar-refractivity contribution in [3.8, 4) is 0 Å². The van der Waals surface area contributed by atoms with Gasteiger partial charge in [-0.05, 0) is 12.8 Å². The molecule has 76 valence electrons. The molecule has 13 heavy (non-hydrogen) atoms. The molecule has 1 atom stereocenters. The number of aliphatic hydroxyl groups excluding tert-OH is 1. The monoisotopic (exact) mass is 208 g/mol. The van der Waals surface area contributed by atoms with Gasteiger partial charge in [-0.25, -0.2) is 13.1 Å². The van der Waals surface area contributed by atoms with Crippen LogP contribution in [-0.2, 0) is 14.8 Å². The summed E-state index contributed by atoms with van der Waals surface area (Å²) in [6.07, 6.45) is -0.169. The molecule has 0 spiro atoms. The summed E-state index contributed by atoms with van der Waals surface area (Å²) in [5, 5.41) is 8.54. The third kappa shape index (κ3) is 2.94. The lowest BCUT2D eigenvalue weighted by molar-refractivity contribution is -0.125. The van der Waals surface area contributed by atoms with Crippen LogP contribution in [-0.4, -0.2) is 37.3 Å². The summed E-state index contributed by atoms with van der Waals surface area (Å²) in [7, 11) is -3.33. The molecular formula is C6H12N2O4S. The van der Waals surface area contributed by atoms with Gasteiger partial charge in [0.15, 0.2) is 0 Å². The highest BCUT2D eigenvalue weighted by Gasteiger charge is 2.35. The number of primary amides is 1. The molecular weight excluding hydrogens is 196 g/mol. The van der Waals surface area contributed by atoms with Gasteiger partial charge >= 0.3 is 0 Å². The molecule has 0 aromatic rings. The summed E-state index contributed by atoms with van der Waals surface area (Å²) < 4.78 is 24.4. The smallest absolute Gasteiger partial charge is 0.247 e. The van der Waals surface area contributed by atoms with Gasteiger partial charge in [0.1, 0.15) is 6.10 Å². The van der Waals surface area contributed by atoms with Crippen LogP contribution in [0.2, 0.25) is 0 Å². The highest BCUT2D eigenvalue weighted by atomic mass is 32.2. The van der Waals surface area contributed by atoms with Crippen molar-refractivity contribution in [3.05, 3.63) is 0 Å².